The van der Waals surface area contributed by atoms with E-state index in [-0.39, 0.29) is 0 Å². The van der Waals surface area contributed by atoms with Crippen LogP contribution in [-0.2, 0) is 0 Å². The van der Waals surface area contributed by atoms with E-state index in [1.54, 1.807) is 36.7 Å². The summed E-state index contributed by atoms with van der Waals surface area (Å²) in [6.45, 7) is 0. The molecule has 0 spiro atoms. The Morgan fingerprint density at radius 3 is 2.53 bits per heavy atom. The van der Waals surface area contributed by atoms with E-state index in [0.29, 0.717) is 27.4 Å². The average Bonchev–Trinajstić information content (AvgIpc) is 2.40. The van der Waals surface area contributed by atoms with Gasteiger partial charge in [-0.1, -0.05) is 33.6 Å². The number of nitrogens with zero attached hydrogens (tertiary/aromatic N) is 2. The van der Waals surface area contributed by atoms with Crippen LogP contribution in [0.15, 0.2) is 47.2 Å². The molecule has 0 bridgehead atoms. The van der Waals surface area contributed by atoms with Gasteiger partial charge >= 0.3 is 0 Å². The first-order valence-electron chi connectivity index (χ1n) is 5.39. The maximum Gasteiger partial charge on any atom is 0.102 e. The lowest BCUT2D eigenvalue weighted by Gasteiger charge is -2.08. The molecule has 0 unspecified atom stereocenters. The molecular weight excluding hydrogens is 326 g/mol. The van der Waals surface area contributed by atoms with E-state index in [1.807, 2.05) is 6.07 Å². The van der Waals surface area contributed by atoms with Gasteiger partial charge in [0, 0.05) is 22.4 Å². The van der Waals surface area contributed by atoms with Crippen LogP contribution in [0.4, 0.5) is 0 Å². The van der Waals surface area contributed by atoms with E-state index >= 15 is 0 Å². The summed E-state index contributed by atoms with van der Waals surface area (Å²) < 4.78 is 0.858. The molecule has 1 aromatic carbocycles. The van der Waals surface area contributed by atoms with Crippen molar-refractivity contribution in [3.05, 3.63) is 63.3 Å². The zero-order chi connectivity index (χ0) is 13.8. The summed E-state index contributed by atoms with van der Waals surface area (Å²) in [6.07, 6.45) is 3.23. The van der Waals surface area contributed by atoms with Crippen LogP contribution in [0.1, 0.15) is 11.1 Å². The van der Waals surface area contributed by atoms with Gasteiger partial charge in [0.05, 0.1) is 16.3 Å². The van der Waals surface area contributed by atoms with Crippen LogP contribution < -0.4 is 5.73 Å². The van der Waals surface area contributed by atoms with Crippen molar-refractivity contribution in [2.24, 2.45) is 5.73 Å². The summed E-state index contributed by atoms with van der Waals surface area (Å²) >= 11 is 9.48. The Balaban J connectivity index is 2.59. The minimum atomic E-state index is 0.353. The van der Waals surface area contributed by atoms with Crippen LogP contribution in [0.2, 0.25) is 5.02 Å². The van der Waals surface area contributed by atoms with Gasteiger partial charge in [-0.3, -0.25) is 4.98 Å². The van der Waals surface area contributed by atoms with Gasteiger partial charge in [0.2, 0.25) is 0 Å². The molecule has 0 saturated carbocycles. The van der Waals surface area contributed by atoms with Gasteiger partial charge < -0.3 is 5.73 Å². The predicted octanol–water partition coefficient (Wildman–Crippen LogP) is 3.85. The molecule has 1 heterocycles. The number of nitriles is 1. The molecule has 94 valence electrons. The number of nitrogens with two attached hydrogens (primary N) is 1. The van der Waals surface area contributed by atoms with Crippen LogP contribution >= 0.6 is 27.5 Å². The van der Waals surface area contributed by atoms with E-state index in [0.717, 1.165) is 4.47 Å². The fourth-order valence-electron chi connectivity index (χ4n) is 1.64. The molecule has 0 aliphatic heterocycles. The summed E-state index contributed by atoms with van der Waals surface area (Å²) in [5, 5.41) is 9.79. The number of hydrogen-bond donors (Lipinski definition) is 1. The molecule has 0 radical (unpaired) electrons. The van der Waals surface area contributed by atoms with Gasteiger partial charge in [0.25, 0.3) is 0 Å². The molecule has 2 aromatic rings. The summed E-state index contributed by atoms with van der Waals surface area (Å²) in [5.41, 5.74) is 8.16. The van der Waals surface area contributed by atoms with E-state index in [4.69, 9.17) is 17.3 Å². The Hall–Kier alpha value is -1.83. The maximum absolute atomic E-state index is 9.30. The molecule has 1 aromatic heterocycles. The second kappa shape index (κ2) is 5.87. The number of pyridine rings is 1. The van der Waals surface area contributed by atoms with E-state index in [1.165, 1.54) is 0 Å². The number of allylic oxidation sites excluding steroid dienone is 1. The first-order chi connectivity index (χ1) is 9.13. The topological polar surface area (TPSA) is 62.7 Å². The summed E-state index contributed by atoms with van der Waals surface area (Å²) in [6, 6.07) is 10.9. The molecule has 0 amide bonds. The van der Waals surface area contributed by atoms with Gasteiger partial charge in [-0.25, -0.2) is 0 Å². The van der Waals surface area contributed by atoms with Gasteiger partial charge in [-0.2, -0.15) is 5.26 Å². The van der Waals surface area contributed by atoms with Crippen molar-refractivity contribution in [3.8, 4) is 6.07 Å². The molecule has 5 heteroatoms. The molecule has 0 aliphatic carbocycles. The lowest BCUT2D eigenvalue weighted by molar-refractivity contribution is 1.32. The highest BCUT2D eigenvalue weighted by Crippen LogP contribution is 2.29. The lowest BCUT2D eigenvalue weighted by atomic mass is 10.0. The van der Waals surface area contributed by atoms with Gasteiger partial charge in [-0.05, 0) is 29.8 Å². The SMILES string of the molecule is N#C/C(=C(/N)c1ccc(Br)cc1Cl)c1ccncc1. The van der Waals surface area contributed by atoms with Crippen molar-refractivity contribution in [3.63, 3.8) is 0 Å². The number of rotatable bonds is 2. The smallest absolute Gasteiger partial charge is 0.102 e. The summed E-state index contributed by atoms with van der Waals surface area (Å²) in [5.74, 6) is 0. The molecule has 0 fully saturated rings. The Morgan fingerprint density at radius 1 is 1.26 bits per heavy atom. The van der Waals surface area contributed by atoms with E-state index in [2.05, 4.69) is 27.0 Å². The monoisotopic (exact) mass is 333 g/mol. The number of halogens is 2. The Morgan fingerprint density at radius 2 is 1.95 bits per heavy atom. The summed E-state index contributed by atoms with van der Waals surface area (Å²) in [7, 11) is 0. The molecule has 3 nitrogen and oxygen atoms in total. The van der Waals surface area contributed by atoms with E-state index < -0.39 is 0 Å². The average molecular weight is 335 g/mol. The largest absolute Gasteiger partial charge is 0.397 e. The van der Waals surface area contributed by atoms with Crippen molar-refractivity contribution in [2.75, 3.05) is 0 Å². The van der Waals surface area contributed by atoms with Gasteiger partial charge in [-0.15, -0.1) is 0 Å². The number of aromatic nitrogens is 1. The Bertz CT molecular complexity index is 675. The third-order valence-electron chi connectivity index (χ3n) is 2.57. The molecule has 2 N–H and O–H groups in total. The zero-order valence-electron chi connectivity index (χ0n) is 9.77. The summed E-state index contributed by atoms with van der Waals surface area (Å²) in [4.78, 5) is 3.92. The second-order valence-electron chi connectivity index (χ2n) is 3.76. The molecular formula is C14H9BrClN3. The van der Waals surface area contributed by atoms with Gasteiger partial charge in [0.1, 0.15) is 6.07 Å². The highest BCUT2D eigenvalue weighted by Gasteiger charge is 2.11. The first-order valence-corrected chi connectivity index (χ1v) is 6.56. The third-order valence-corrected chi connectivity index (χ3v) is 3.38. The van der Waals surface area contributed by atoms with Crippen molar-refractivity contribution < 1.29 is 0 Å². The first kappa shape index (κ1) is 13.6. The molecule has 0 atom stereocenters. The molecule has 0 aliphatic rings. The van der Waals surface area contributed by atoms with Crippen molar-refractivity contribution in [1.29, 1.82) is 5.26 Å². The number of hydrogen-bond acceptors (Lipinski definition) is 3. The van der Waals surface area contributed by atoms with Crippen LogP contribution in [0.5, 0.6) is 0 Å². The Labute approximate surface area is 124 Å². The minimum absolute atomic E-state index is 0.353. The highest BCUT2D eigenvalue weighted by molar-refractivity contribution is 9.10. The van der Waals surface area contributed by atoms with Gasteiger partial charge in [0.15, 0.2) is 0 Å². The quantitative estimate of drug-likeness (QED) is 0.849. The third kappa shape index (κ3) is 2.95. The maximum atomic E-state index is 9.30. The van der Waals surface area contributed by atoms with Crippen LogP contribution in [0, 0.1) is 11.3 Å². The lowest BCUT2D eigenvalue weighted by Crippen LogP contribution is -2.01. The predicted molar refractivity (Wildman–Crippen MR) is 80.0 cm³/mol. The number of benzene rings is 1. The zero-order valence-corrected chi connectivity index (χ0v) is 12.1. The second-order valence-corrected chi connectivity index (χ2v) is 5.08. The molecule has 0 saturated heterocycles. The van der Waals surface area contributed by atoms with Crippen LogP contribution in [0.25, 0.3) is 11.3 Å². The van der Waals surface area contributed by atoms with Crippen LogP contribution in [0.3, 0.4) is 0 Å². The Kier molecular flexibility index (Phi) is 4.20. The standard InChI is InChI=1S/C14H9BrClN3/c15-10-1-2-11(13(16)7-10)14(18)12(8-17)9-3-5-19-6-4-9/h1-7H,18H2/b14-12-. The van der Waals surface area contributed by atoms with E-state index in [9.17, 15) is 5.26 Å². The van der Waals surface area contributed by atoms with Crippen molar-refractivity contribution in [2.45, 2.75) is 0 Å². The fraction of sp³-hybridized carbons (Fsp3) is 0. The normalized spacial score (nSPS) is 11.6. The molecule has 2 rings (SSSR count). The van der Waals surface area contributed by atoms with Crippen LogP contribution in [-0.4, -0.2) is 4.98 Å². The minimum Gasteiger partial charge on any atom is -0.397 e. The highest BCUT2D eigenvalue weighted by atomic mass is 79.9. The van der Waals surface area contributed by atoms with Crippen molar-refractivity contribution >= 4 is 38.8 Å². The van der Waals surface area contributed by atoms with Crippen molar-refractivity contribution in [1.82, 2.24) is 4.98 Å². The fourth-order valence-corrected chi connectivity index (χ4v) is 2.42. The molecule has 19 heavy (non-hydrogen) atoms.